The summed E-state index contributed by atoms with van der Waals surface area (Å²) in [6.07, 6.45) is 6.86. The van der Waals surface area contributed by atoms with Gasteiger partial charge in [-0.15, -0.1) is 0 Å². The van der Waals surface area contributed by atoms with Crippen LogP contribution in [0, 0.1) is 0 Å². The summed E-state index contributed by atoms with van der Waals surface area (Å²) in [4.78, 5) is 0. The predicted octanol–water partition coefficient (Wildman–Crippen LogP) is 4.33. The quantitative estimate of drug-likeness (QED) is 0.805. The standard InChI is InChI=1S/C13H18BrN/c14-10-11-6-8-13(9-7-11)15-12-4-2-1-3-5-12/h6-9,12,15H,1-5,10H2. The van der Waals surface area contributed by atoms with Gasteiger partial charge in [0.1, 0.15) is 0 Å². The minimum atomic E-state index is 0.702. The van der Waals surface area contributed by atoms with Crippen molar-refractivity contribution in [1.82, 2.24) is 0 Å². The molecule has 0 radical (unpaired) electrons. The van der Waals surface area contributed by atoms with Crippen LogP contribution in [0.4, 0.5) is 5.69 Å². The predicted molar refractivity (Wildman–Crippen MR) is 69.6 cm³/mol. The lowest BCUT2D eigenvalue weighted by molar-refractivity contribution is 0.463. The van der Waals surface area contributed by atoms with Gasteiger partial charge in [0.05, 0.1) is 0 Å². The van der Waals surface area contributed by atoms with Crippen molar-refractivity contribution >= 4 is 21.6 Å². The van der Waals surface area contributed by atoms with E-state index in [0.717, 1.165) is 5.33 Å². The lowest BCUT2D eigenvalue weighted by Crippen LogP contribution is -2.22. The molecule has 2 rings (SSSR count). The second kappa shape index (κ2) is 5.55. The van der Waals surface area contributed by atoms with Crippen molar-refractivity contribution in [2.24, 2.45) is 0 Å². The smallest absolute Gasteiger partial charge is 0.0342 e. The van der Waals surface area contributed by atoms with E-state index in [1.165, 1.54) is 43.4 Å². The first-order valence-corrected chi connectivity index (χ1v) is 6.92. The van der Waals surface area contributed by atoms with Crippen LogP contribution in [0.3, 0.4) is 0 Å². The number of nitrogens with one attached hydrogen (secondary N) is 1. The number of halogens is 1. The number of rotatable bonds is 3. The molecule has 1 aliphatic rings. The first-order chi connectivity index (χ1) is 7.38. The summed E-state index contributed by atoms with van der Waals surface area (Å²) < 4.78 is 0. The SMILES string of the molecule is BrCc1ccc(NC2CCCCC2)cc1. The zero-order valence-electron chi connectivity index (χ0n) is 9.01. The van der Waals surface area contributed by atoms with Gasteiger partial charge in [-0.25, -0.2) is 0 Å². The highest BCUT2D eigenvalue weighted by atomic mass is 79.9. The molecule has 15 heavy (non-hydrogen) atoms. The van der Waals surface area contributed by atoms with Gasteiger partial charge in [-0.3, -0.25) is 0 Å². The first kappa shape index (κ1) is 11.0. The van der Waals surface area contributed by atoms with Crippen molar-refractivity contribution in [3.63, 3.8) is 0 Å². The Hall–Kier alpha value is -0.500. The van der Waals surface area contributed by atoms with Crippen LogP contribution in [-0.4, -0.2) is 6.04 Å². The van der Waals surface area contributed by atoms with Crippen molar-refractivity contribution in [3.8, 4) is 0 Å². The Morgan fingerprint density at radius 3 is 2.33 bits per heavy atom. The Morgan fingerprint density at radius 1 is 1.07 bits per heavy atom. The summed E-state index contributed by atoms with van der Waals surface area (Å²) in [6, 6.07) is 9.43. The van der Waals surface area contributed by atoms with Gasteiger partial charge in [0.15, 0.2) is 0 Å². The molecule has 0 bridgehead atoms. The number of alkyl halides is 1. The molecule has 82 valence electrons. The molecule has 0 spiro atoms. The third kappa shape index (κ3) is 3.23. The molecule has 1 aromatic carbocycles. The number of hydrogen-bond acceptors (Lipinski definition) is 1. The monoisotopic (exact) mass is 267 g/mol. The fourth-order valence-corrected chi connectivity index (χ4v) is 2.55. The summed E-state index contributed by atoms with van der Waals surface area (Å²) >= 11 is 3.46. The summed E-state index contributed by atoms with van der Waals surface area (Å²) in [6.45, 7) is 0. The Balaban J connectivity index is 1.91. The summed E-state index contributed by atoms with van der Waals surface area (Å²) in [7, 11) is 0. The highest BCUT2D eigenvalue weighted by Gasteiger charge is 2.12. The first-order valence-electron chi connectivity index (χ1n) is 5.80. The van der Waals surface area contributed by atoms with Crippen LogP contribution in [0.5, 0.6) is 0 Å². The molecule has 1 saturated carbocycles. The van der Waals surface area contributed by atoms with Gasteiger partial charge in [-0.05, 0) is 30.5 Å². The maximum atomic E-state index is 3.62. The molecule has 0 unspecified atom stereocenters. The molecule has 1 aromatic rings. The highest BCUT2D eigenvalue weighted by Crippen LogP contribution is 2.22. The summed E-state index contributed by atoms with van der Waals surface area (Å²) in [5.41, 5.74) is 2.61. The summed E-state index contributed by atoms with van der Waals surface area (Å²) in [5.74, 6) is 0. The lowest BCUT2D eigenvalue weighted by Gasteiger charge is -2.23. The van der Waals surface area contributed by atoms with E-state index in [1.807, 2.05) is 0 Å². The molecule has 0 atom stereocenters. The van der Waals surface area contributed by atoms with Gasteiger partial charge in [-0.1, -0.05) is 47.3 Å². The molecule has 1 fully saturated rings. The maximum Gasteiger partial charge on any atom is 0.0342 e. The Morgan fingerprint density at radius 2 is 1.73 bits per heavy atom. The zero-order valence-corrected chi connectivity index (χ0v) is 10.6. The number of benzene rings is 1. The molecule has 0 aliphatic heterocycles. The maximum absolute atomic E-state index is 3.62. The Labute approximate surface area is 100 Å². The normalized spacial score (nSPS) is 17.7. The molecular weight excluding hydrogens is 250 g/mol. The van der Waals surface area contributed by atoms with Crippen molar-refractivity contribution in [3.05, 3.63) is 29.8 Å². The van der Waals surface area contributed by atoms with Gasteiger partial charge in [0, 0.05) is 17.1 Å². The summed E-state index contributed by atoms with van der Waals surface area (Å²) in [5, 5.41) is 4.56. The van der Waals surface area contributed by atoms with Gasteiger partial charge in [0.25, 0.3) is 0 Å². The van der Waals surface area contributed by atoms with Gasteiger partial charge < -0.3 is 5.32 Å². The molecule has 0 heterocycles. The molecular formula is C13H18BrN. The van der Waals surface area contributed by atoms with Crippen LogP contribution in [-0.2, 0) is 5.33 Å². The van der Waals surface area contributed by atoms with Crippen LogP contribution < -0.4 is 5.32 Å². The molecule has 2 heteroatoms. The Bertz CT molecular complexity index is 288. The van der Waals surface area contributed by atoms with E-state index in [4.69, 9.17) is 0 Å². The Kier molecular flexibility index (Phi) is 4.07. The molecule has 1 N–H and O–H groups in total. The van der Waals surface area contributed by atoms with Gasteiger partial charge in [-0.2, -0.15) is 0 Å². The van der Waals surface area contributed by atoms with Crippen LogP contribution in [0.1, 0.15) is 37.7 Å². The van der Waals surface area contributed by atoms with E-state index < -0.39 is 0 Å². The van der Waals surface area contributed by atoms with E-state index >= 15 is 0 Å². The number of hydrogen-bond donors (Lipinski definition) is 1. The average Bonchev–Trinajstić information content (AvgIpc) is 2.31. The minimum Gasteiger partial charge on any atom is -0.382 e. The molecule has 1 aliphatic carbocycles. The van der Waals surface area contributed by atoms with Crippen molar-refractivity contribution in [2.75, 3.05) is 5.32 Å². The molecule has 0 aromatic heterocycles. The fraction of sp³-hybridized carbons (Fsp3) is 0.538. The minimum absolute atomic E-state index is 0.702. The third-order valence-electron chi connectivity index (χ3n) is 3.08. The van der Waals surface area contributed by atoms with Gasteiger partial charge in [0.2, 0.25) is 0 Å². The largest absolute Gasteiger partial charge is 0.382 e. The third-order valence-corrected chi connectivity index (χ3v) is 3.73. The topological polar surface area (TPSA) is 12.0 Å². The van der Waals surface area contributed by atoms with Crippen molar-refractivity contribution < 1.29 is 0 Å². The molecule has 0 amide bonds. The second-order valence-corrected chi connectivity index (χ2v) is 4.87. The van der Waals surface area contributed by atoms with E-state index in [1.54, 1.807) is 0 Å². The fourth-order valence-electron chi connectivity index (χ4n) is 2.17. The lowest BCUT2D eigenvalue weighted by atomic mass is 9.95. The molecule has 1 nitrogen and oxygen atoms in total. The van der Waals surface area contributed by atoms with Crippen LogP contribution >= 0.6 is 15.9 Å². The zero-order chi connectivity index (χ0) is 10.5. The van der Waals surface area contributed by atoms with Crippen molar-refractivity contribution in [1.29, 1.82) is 0 Å². The van der Waals surface area contributed by atoms with Crippen LogP contribution in [0.15, 0.2) is 24.3 Å². The number of anilines is 1. The van der Waals surface area contributed by atoms with E-state index in [9.17, 15) is 0 Å². The van der Waals surface area contributed by atoms with Crippen LogP contribution in [0.25, 0.3) is 0 Å². The molecule has 0 saturated heterocycles. The highest BCUT2D eigenvalue weighted by molar-refractivity contribution is 9.08. The van der Waals surface area contributed by atoms with E-state index in [2.05, 4.69) is 45.5 Å². The average molecular weight is 268 g/mol. The second-order valence-electron chi connectivity index (χ2n) is 4.31. The van der Waals surface area contributed by atoms with E-state index in [-0.39, 0.29) is 0 Å². The van der Waals surface area contributed by atoms with Crippen LogP contribution in [0.2, 0.25) is 0 Å². The van der Waals surface area contributed by atoms with E-state index in [0.29, 0.717) is 6.04 Å². The van der Waals surface area contributed by atoms with Gasteiger partial charge >= 0.3 is 0 Å². The van der Waals surface area contributed by atoms with Crippen molar-refractivity contribution in [2.45, 2.75) is 43.5 Å².